The molecule has 1 aromatic carbocycles. The van der Waals surface area contributed by atoms with Crippen LogP contribution in [0.3, 0.4) is 0 Å². The summed E-state index contributed by atoms with van der Waals surface area (Å²) in [5, 5.41) is 11.7. The Balaban J connectivity index is 2.53. The van der Waals surface area contributed by atoms with E-state index < -0.39 is 11.5 Å². The van der Waals surface area contributed by atoms with Gasteiger partial charge in [-0.2, -0.15) is 0 Å². The van der Waals surface area contributed by atoms with Crippen molar-refractivity contribution in [1.29, 1.82) is 0 Å². The van der Waals surface area contributed by atoms with E-state index in [1.54, 1.807) is 0 Å². The Morgan fingerprint density at radius 3 is 2.57 bits per heavy atom. The number of aliphatic carboxylic acids is 1. The van der Waals surface area contributed by atoms with Gasteiger partial charge in [0.05, 0.1) is 0 Å². The highest BCUT2D eigenvalue weighted by Crippen LogP contribution is 2.07. The Kier molecular flexibility index (Phi) is 3.09. The molecule has 1 unspecified atom stereocenters. The van der Waals surface area contributed by atoms with E-state index in [1.807, 2.05) is 30.3 Å². The Morgan fingerprint density at radius 1 is 1.50 bits per heavy atom. The number of carboxylic acid groups (broad SMARTS) is 1. The number of benzene rings is 1. The second kappa shape index (κ2) is 4.11. The van der Waals surface area contributed by atoms with E-state index in [4.69, 9.17) is 10.8 Å². The zero-order valence-corrected chi connectivity index (χ0v) is 8.03. The molecule has 0 aromatic heterocycles. The van der Waals surface area contributed by atoms with E-state index in [-0.39, 0.29) is 6.54 Å². The van der Waals surface area contributed by atoms with Gasteiger partial charge in [-0.05, 0) is 19.1 Å². The first kappa shape index (κ1) is 10.5. The largest absolute Gasteiger partial charge is 0.480 e. The quantitative estimate of drug-likeness (QED) is 0.665. The van der Waals surface area contributed by atoms with E-state index in [0.29, 0.717) is 0 Å². The van der Waals surface area contributed by atoms with Crippen LogP contribution in [0.4, 0.5) is 5.69 Å². The summed E-state index contributed by atoms with van der Waals surface area (Å²) in [6.07, 6.45) is 0. The van der Waals surface area contributed by atoms with Crippen molar-refractivity contribution in [1.82, 2.24) is 0 Å². The molecule has 0 bridgehead atoms. The molecular weight excluding hydrogens is 180 g/mol. The van der Waals surface area contributed by atoms with E-state index in [1.165, 1.54) is 6.92 Å². The van der Waals surface area contributed by atoms with Gasteiger partial charge in [-0.1, -0.05) is 18.2 Å². The standard InChI is InChI=1S/C10H14N2O2/c1-10(11,9(13)14)7-12-8-5-3-2-4-6-8/h2-6,12H,7,11H2,1H3,(H,13,14). The van der Waals surface area contributed by atoms with Gasteiger partial charge in [0, 0.05) is 12.2 Å². The van der Waals surface area contributed by atoms with Gasteiger partial charge < -0.3 is 16.2 Å². The van der Waals surface area contributed by atoms with Crippen LogP contribution in [0.2, 0.25) is 0 Å². The fourth-order valence-electron chi connectivity index (χ4n) is 0.917. The maximum atomic E-state index is 10.7. The monoisotopic (exact) mass is 194 g/mol. The number of hydrogen-bond acceptors (Lipinski definition) is 3. The lowest BCUT2D eigenvalue weighted by Gasteiger charge is -2.20. The molecular formula is C10H14N2O2. The maximum Gasteiger partial charge on any atom is 0.325 e. The highest BCUT2D eigenvalue weighted by atomic mass is 16.4. The highest BCUT2D eigenvalue weighted by molar-refractivity contribution is 5.78. The van der Waals surface area contributed by atoms with Gasteiger partial charge in [-0.25, -0.2) is 0 Å². The number of nitrogens with two attached hydrogens (primary N) is 1. The van der Waals surface area contributed by atoms with Gasteiger partial charge in [-0.3, -0.25) is 4.79 Å². The van der Waals surface area contributed by atoms with Crippen LogP contribution in [0, 0.1) is 0 Å². The van der Waals surface area contributed by atoms with Crippen LogP contribution in [0.1, 0.15) is 6.92 Å². The normalized spacial score (nSPS) is 14.4. The molecule has 0 aliphatic carbocycles. The van der Waals surface area contributed by atoms with Crippen LogP contribution in [0.25, 0.3) is 0 Å². The maximum absolute atomic E-state index is 10.7. The van der Waals surface area contributed by atoms with E-state index >= 15 is 0 Å². The summed E-state index contributed by atoms with van der Waals surface area (Å²) < 4.78 is 0. The third-order valence-electron chi connectivity index (χ3n) is 1.92. The lowest BCUT2D eigenvalue weighted by Crippen LogP contribution is -2.50. The number of rotatable bonds is 4. The van der Waals surface area contributed by atoms with Crippen molar-refractivity contribution in [3.63, 3.8) is 0 Å². The fourth-order valence-corrected chi connectivity index (χ4v) is 0.917. The number of carboxylic acids is 1. The molecule has 0 aliphatic rings. The summed E-state index contributed by atoms with van der Waals surface area (Å²) >= 11 is 0. The van der Waals surface area contributed by atoms with Crippen molar-refractivity contribution in [3.8, 4) is 0 Å². The van der Waals surface area contributed by atoms with Gasteiger partial charge in [-0.15, -0.1) is 0 Å². The molecule has 0 amide bonds. The predicted molar refractivity (Wildman–Crippen MR) is 55.2 cm³/mol. The molecule has 0 saturated carbocycles. The minimum Gasteiger partial charge on any atom is -0.480 e. The average Bonchev–Trinajstić information content (AvgIpc) is 2.16. The first-order valence-corrected chi connectivity index (χ1v) is 4.33. The van der Waals surface area contributed by atoms with Crippen LogP contribution in [0.5, 0.6) is 0 Å². The number of nitrogens with one attached hydrogen (secondary N) is 1. The fraction of sp³-hybridized carbons (Fsp3) is 0.300. The van der Waals surface area contributed by atoms with Gasteiger partial charge in [0.15, 0.2) is 0 Å². The van der Waals surface area contributed by atoms with E-state index in [9.17, 15) is 4.79 Å². The molecule has 0 aliphatic heterocycles. The van der Waals surface area contributed by atoms with Crippen LogP contribution < -0.4 is 11.1 Å². The van der Waals surface area contributed by atoms with Gasteiger partial charge >= 0.3 is 5.97 Å². The SMILES string of the molecule is CC(N)(CNc1ccccc1)C(=O)O. The molecule has 1 aromatic rings. The summed E-state index contributed by atoms with van der Waals surface area (Å²) in [6, 6.07) is 9.35. The predicted octanol–water partition coefficient (Wildman–Crippen LogP) is 0.901. The van der Waals surface area contributed by atoms with Crippen LogP contribution >= 0.6 is 0 Å². The molecule has 4 N–H and O–H groups in total. The molecule has 0 saturated heterocycles. The summed E-state index contributed by atoms with van der Waals surface area (Å²) in [6.45, 7) is 1.68. The molecule has 0 radical (unpaired) electrons. The van der Waals surface area contributed by atoms with Crippen LogP contribution in [0.15, 0.2) is 30.3 Å². The topological polar surface area (TPSA) is 75.3 Å². The Morgan fingerprint density at radius 2 is 2.07 bits per heavy atom. The Hall–Kier alpha value is -1.55. The lowest BCUT2D eigenvalue weighted by atomic mass is 10.1. The summed E-state index contributed by atoms with van der Waals surface area (Å²) in [5.74, 6) is -1.01. The second-order valence-electron chi connectivity index (χ2n) is 3.44. The van der Waals surface area contributed by atoms with Gasteiger partial charge in [0.2, 0.25) is 0 Å². The zero-order valence-electron chi connectivity index (χ0n) is 8.03. The van der Waals surface area contributed by atoms with Crippen molar-refractivity contribution in [3.05, 3.63) is 30.3 Å². The number of para-hydroxylation sites is 1. The highest BCUT2D eigenvalue weighted by Gasteiger charge is 2.27. The van der Waals surface area contributed by atoms with E-state index in [0.717, 1.165) is 5.69 Å². The number of carbonyl (C=O) groups is 1. The van der Waals surface area contributed by atoms with Crippen LogP contribution in [-0.4, -0.2) is 23.2 Å². The van der Waals surface area contributed by atoms with Crippen molar-refractivity contribution < 1.29 is 9.90 Å². The number of hydrogen-bond donors (Lipinski definition) is 3. The summed E-state index contributed by atoms with van der Waals surface area (Å²) in [7, 11) is 0. The molecule has 4 heteroatoms. The smallest absolute Gasteiger partial charge is 0.325 e. The first-order chi connectivity index (χ1) is 6.52. The second-order valence-corrected chi connectivity index (χ2v) is 3.44. The third kappa shape index (κ3) is 2.74. The van der Waals surface area contributed by atoms with Crippen molar-refractivity contribution >= 4 is 11.7 Å². The molecule has 14 heavy (non-hydrogen) atoms. The lowest BCUT2D eigenvalue weighted by molar-refractivity contribution is -0.142. The molecule has 0 heterocycles. The van der Waals surface area contributed by atoms with Gasteiger partial charge in [0.25, 0.3) is 0 Å². The molecule has 0 fully saturated rings. The molecule has 1 rings (SSSR count). The van der Waals surface area contributed by atoms with E-state index in [2.05, 4.69) is 5.32 Å². The minimum absolute atomic E-state index is 0.201. The van der Waals surface area contributed by atoms with Gasteiger partial charge in [0.1, 0.15) is 5.54 Å². The molecule has 4 nitrogen and oxygen atoms in total. The minimum atomic E-state index is -1.24. The summed E-state index contributed by atoms with van der Waals surface area (Å²) in [5.41, 5.74) is 5.17. The average molecular weight is 194 g/mol. The van der Waals surface area contributed by atoms with Crippen molar-refractivity contribution in [2.45, 2.75) is 12.5 Å². The van der Waals surface area contributed by atoms with Crippen LogP contribution in [-0.2, 0) is 4.79 Å². The third-order valence-corrected chi connectivity index (χ3v) is 1.92. The Bertz CT molecular complexity index is 309. The summed E-state index contributed by atoms with van der Waals surface area (Å²) in [4.78, 5) is 10.7. The zero-order chi connectivity index (χ0) is 10.6. The first-order valence-electron chi connectivity index (χ1n) is 4.33. The number of anilines is 1. The Labute approximate surface area is 82.7 Å². The molecule has 76 valence electrons. The molecule has 0 spiro atoms. The molecule has 1 atom stereocenters. The van der Waals surface area contributed by atoms with Crippen molar-refractivity contribution in [2.24, 2.45) is 5.73 Å². The van der Waals surface area contributed by atoms with Crippen molar-refractivity contribution in [2.75, 3.05) is 11.9 Å².